The first-order valence-corrected chi connectivity index (χ1v) is 5.35. The third kappa shape index (κ3) is 2.06. The Kier molecular flexibility index (Phi) is 3.23. The Morgan fingerprint density at radius 3 is 3.00 bits per heavy atom. The highest BCUT2D eigenvalue weighted by atomic mass is 19.1. The van der Waals surface area contributed by atoms with E-state index in [0.717, 1.165) is 10.8 Å². The molecule has 0 bridgehead atoms. The fourth-order valence-electron chi connectivity index (χ4n) is 1.86. The summed E-state index contributed by atoms with van der Waals surface area (Å²) in [5.74, 6) is -1.47. The van der Waals surface area contributed by atoms with Crippen LogP contribution in [0.1, 0.15) is 12.6 Å². The molecule has 0 unspecified atom stereocenters. The molecule has 9 heteroatoms. The first kappa shape index (κ1) is 13.4. The van der Waals surface area contributed by atoms with Crippen LogP contribution in [0, 0.1) is 17.1 Å². The zero-order chi connectivity index (χ0) is 14.2. The van der Waals surface area contributed by atoms with Gasteiger partial charge >= 0.3 is 5.69 Å². The maximum absolute atomic E-state index is 13.3. The van der Waals surface area contributed by atoms with Gasteiger partial charge in [0.1, 0.15) is 18.4 Å². The highest BCUT2D eigenvalue weighted by Crippen LogP contribution is 2.35. The van der Waals surface area contributed by atoms with Gasteiger partial charge in [0.05, 0.1) is 12.8 Å². The summed E-state index contributed by atoms with van der Waals surface area (Å²) >= 11 is 0. The van der Waals surface area contributed by atoms with Crippen molar-refractivity contribution in [2.45, 2.75) is 24.4 Å². The van der Waals surface area contributed by atoms with Crippen LogP contribution < -0.4 is 11.4 Å². The van der Waals surface area contributed by atoms with Crippen molar-refractivity contribution >= 4 is 5.82 Å². The van der Waals surface area contributed by atoms with Crippen molar-refractivity contribution in [3.05, 3.63) is 22.5 Å². The summed E-state index contributed by atoms with van der Waals surface area (Å²) in [7, 11) is 0. The van der Waals surface area contributed by atoms with E-state index in [1.165, 1.54) is 0 Å². The van der Waals surface area contributed by atoms with Crippen molar-refractivity contribution in [3.8, 4) is 6.07 Å². The van der Waals surface area contributed by atoms with Crippen LogP contribution in [0.25, 0.3) is 0 Å². The van der Waals surface area contributed by atoms with Crippen molar-refractivity contribution in [1.82, 2.24) is 9.55 Å². The SMILES string of the molecule is N#C[C@]1(CO)O[C@@H](n2cc(F)c(N)nc2=O)C[C@@H]1O. The molecule has 0 radical (unpaired) electrons. The molecule has 1 aliphatic rings. The maximum Gasteiger partial charge on any atom is 0.351 e. The lowest BCUT2D eigenvalue weighted by atomic mass is 10.00. The lowest BCUT2D eigenvalue weighted by Crippen LogP contribution is -2.41. The van der Waals surface area contributed by atoms with Crippen LogP contribution >= 0.6 is 0 Å². The summed E-state index contributed by atoms with van der Waals surface area (Å²) in [6.07, 6.45) is -1.77. The summed E-state index contributed by atoms with van der Waals surface area (Å²) in [6, 6.07) is 1.65. The standard InChI is InChI=1S/C10H11FN4O4/c11-5-2-15(9(18)14-8(5)13)7-1-6(17)10(3-12,4-16)19-7/h2,6-7,16-17H,1,4H2,(H2,13,14,18)/t6-,7+,10+/m0/s1. The molecule has 2 heterocycles. The van der Waals surface area contributed by atoms with Crippen molar-refractivity contribution < 1.29 is 19.3 Å². The molecular weight excluding hydrogens is 259 g/mol. The van der Waals surface area contributed by atoms with E-state index < -0.39 is 41.9 Å². The number of hydrogen-bond donors (Lipinski definition) is 3. The fourth-order valence-corrected chi connectivity index (χ4v) is 1.86. The van der Waals surface area contributed by atoms with Gasteiger partial charge in [0.25, 0.3) is 0 Å². The van der Waals surface area contributed by atoms with Crippen LogP contribution in [0.5, 0.6) is 0 Å². The summed E-state index contributed by atoms with van der Waals surface area (Å²) in [4.78, 5) is 14.8. The number of nitrogens with two attached hydrogens (primary N) is 1. The highest BCUT2D eigenvalue weighted by Gasteiger charge is 2.49. The van der Waals surface area contributed by atoms with Crippen molar-refractivity contribution in [2.75, 3.05) is 12.3 Å². The summed E-state index contributed by atoms with van der Waals surface area (Å²) in [5, 5.41) is 27.8. The van der Waals surface area contributed by atoms with Crippen molar-refractivity contribution in [2.24, 2.45) is 0 Å². The first-order chi connectivity index (χ1) is 8.93. The molecule has 0 saturated carbocycles. The molecule has 102 valence electrons. The van der Waals surface area contributed by atoms with Crippen molar-refractivity contribution in [3.63, 3.8) is 0 Å². The number of nitriles is 1. The minimum Gasteiger partial charge on any atom is -0.392 e. The van der Waals surface area contributed by atoms with Crippen LogP contribution in [-0.2, 0) is 4.74 Å². The second kappa shape index (κ2) is 4.58. The summed E-state index contributed by atoms with van der Waals surface area (Å²) in [6.45, 7) is -0.749. The predicted molar refractivity (Wildman–Crippen MR) is 59.0 cm³/mol. The van der Waals surface area contributed by atoms with E-state index in [4.69, 9.17) is 20.8 Å². The van der Waals surface area contributed by atoms with Crippen LogP contribution in [0.2, 0.25) is 0 Å². The van der Waals surface area contributed by atoms with Gasteiger partial charge in [-0.15, -0.1) is 0 Å². The Hall–Kier alpha value is -2.02. The Bertz CT molecular complexity index is 598. The van der Waals surface area contributed by atoms with Gasteiger partial charge in [-0.1, -0.05) is 0 Å². The topological polar surface area (TPSA) is 134 Å². The van der Waals surface area contributed by atoms with Crippen LogP contribution in [0.15, 0.2) is 11.0 Å². The average molecular weight is 270 g/mol. The molecule has 19 heavy (non-hydrogen) atoms. The number of aliphatic hydroxyl groups excluding tert-OH is 2. The number of hydrogen-bond acceptors (Lipinski definition) is 7. The number of aromatic nitrogens is 2. The van der Waals surface area contributed by atoms with Gasteiger partial charge in [-0.25, -0.2) is 9.18 Å². The second-order valence-electron chi connectivity index (χ2n) is 4.15. The molecule has 1 aromatic heterocycles. The largest absolute Gasteiger partial charge is 0.392 e. The zero-order valence-electron chi connectivity index (χ0n) is 9.65. The Morgan fingerprint density at radius 2 is 2.47 bits per heavy atom. The number of aliphatic hydroxyl groups is 2. The van der Waals surface area contributed by atoms with E-state index in [2.05, 4.69) is 4.98 Å². The van der Waals surface area contributed by atoms with E-state index in [0.29, 0.717) is 0 Å². The number of anilines is 1. The molecule has 1 saturated heterocycles. The van der Waals surface area contributed by atoms with Crippen LogP contribution in [0.4, 0.5) is 10.2 Å². The Labute approximate surface area is 106 Å². The van der Waals surface area contributed by atoms with Crippen LogP contribution in [-0.4, -0.2) is 38.1 Å². The number of rotatable bonds is 2. The molecule has 4 N–H and O–H groups in total. The van der Waals surface area contributed by atoms with Crippen molar-refractivity contribution in [1.29, 1.82) is 5.26 Å². The van der Waals surface area contributed by atoms with Gasteiger partial charge in [-0.2, -0.15) is 10.2 Å². The predicted octanol–water partition coefficient (Wildman–Crippen LogP) is -1.50. The Morgan fingerprint density at radius 1 is 1.79 bits per heavy atom. The van der Waals surface area contributed by atoms with E-state index in [9.17, 15) is 14.3 Å². The molecule has 8 nitrogen and oxygen atoms in total. The number of nitrogen functional groups attached to an aromatic ring is 1. The van der Waals surface area contributed by atoms with E-state index in [1.54, 1.807) is 6.07 Å². The van der Waals surface area contributed by atoms with Gasteiger partial charge in [-0.3, -0.25) is 4.57 Å². The fraction of sp³-hybridized carbons (Fsp3) is 0.500. The molecule has 2 rings (SSSR count). The number of nitrogens with zero attached hydrogens (tertiary/aromatic N) is 3. The molecule has 1 fully saturated rings. The number of ether oxygens (including phenoxy) is 1. The van der Waals surface area contributed by atoms with Gasteiger partial charge < -0.3 is 20.7 Å². The second-order valence-corrected chi connectivity index (χ2v) is 4.15. The normalized spacial score (nSPS) is 30.2. The molecule has 1 aromatic rings. The first-order valence-electron chi connectivity index (χ1n) is 5.35. The minimum atomic E-state index is -1.83. The zero-order valence-corrected chi connectivity index (χ0v) is 9.65. The van der Waals surface area contributed by atoms with Gasteiger partial charge in [-0.05, 0) is 0 Å². The van der Waals surface area contributed by atoms with E-state index in [1.807, 2.05) is 0 Å². The summed E-state index contributed by atoms with van der Waals surface area (Å²) in [5.41, 5.74) is 2.44. The molecule has 0 aromatic carbocycles. The lowest BCUT2D eigenvalue weighted by Gasteiger charge is -2.21. The molecule has 0 aliphatic carbocycles. The number of halogens is 1. The molecule has 0 amide bonds. The molecule has 3 atom stereocenters. The maximum atomic E-state index is 13.3. The average Bonchev–Trinajstić information content (AvgIpc) is 2.71. The lowest BCUT2D eigenvalue weighted by molar-refractivity contribution is -0.0926. The highest BCUT2D eigenvalue weighted by molar-refractivity contribution is 5.26. The smallest absolute Gasteiger partial charge is 0.351 e. The molecular formula is C10H11FN4O4. The van der Waals surface area contributed by atoms with Gasteiger partial charge in [0.2, 0.25) is 5.60 Å². The third-order valence-corrected chi connectivity index (χ3v) is 2.98. The quantitative estimate of drug-likeness (QED) is 0.595. The minimum absolute atomic E-state index is 0.154. The summed E-state index contributed by atoms with van der Waals surface area (Å²) < 4.78 is 19.2. The van der Waals surface area contributed by atoms with Gasteiger partial charge in [0.15, 0.2) is 11.6 Å². The van der Waals surface area contributed by atoms with E-state index >= 15 is 0 Å². The Balaban J connectivity index is 2.39. The monoisotopic (exact) mass is 270 g/mol. The van der Waals surface area contributed by atoms with Gasteiger partial charge in [0, 0.05) is 6.42 Å². The van der Waals surface area contributed by atoms with Crippen LogP contribution in [0.3, 0.4) is 0 Å². The van der Waals surface area contributed by atoms with E-state index in [-0.39, 0.29) is 6.42 Å². The molecule has 0 spiro atoms. The molecule has 1 aliphatic heterocycles. The third-order valence-electron chi connectivity index (χ3n) is 2.98.